The molecule has 0 aliphatic heterocycles. The van der Waals surface area contributed by atoms with E-state index < -0.39 is 22.3 Å². The number of amides is 1. The Bertz CT molecular complexity index is 661. The lowest BCUT2D eigenvalue weighted by atomic mass is 10.2. The monoisotopic (exact) mass is 430 g/mol. The number of anilines is 1. The molecule has 8 nitrogen and oxygen atoms in total. The Morgan fingerprint density at radius 2 is 1.90 bits per heavy atom. The van der Waals surface area contributed by atoms with E-state index in [-0.39, 0.29) is 15.7 Å². The van der Waals surface area contributed by atoms with Gasteiger partial charge in [-0.2, -0.15) is 8.42 Å². The molecule has 3 N–H and O–H groups in total. The zero-order valence-corrected chi connectivity index (χ0v) is 13.8. The molecule has 0 aliphatic rings. The summed E-state index contributed by atoms with van der Waals surface area (Å²) >= 11 is 6.12. The van der Waals surface area contributed by atoms with E-state index in [1.165, 1.54) is 16.9 Å². The molecule has 20 heavy (non-hydrogen) atoms. The minimum atomic E-state index is -4.32. The lowest BCUT2D eigenvalue weighted by Crippen LogP contribution is -2.35. The number of methoxy groups -OCH3 is 1. The lowest BCUT2D eigenvalue weighted by molar-refractivity contribution is 0.0698. The third-order valence-corrected chi connectivity index (χ3v) is 3.92. The van der Waals surface area contributed by atoms with Gasteiger partial charge in [0.1, 0.15) is 0 Å². The summed E-state index contributed by atoms with van der Waals surface area (Å²) < 4.78 is 31.5. The van der Waals surface area contributed by atoms with Gasteiger partial charge in [-0.25, -0.2) is 14.3 Å². The maximum Gasteiger partial charge on any atom is 0.422 e. The van der Waals surface area contributed by atoms with Gasteiger partial charge in [-0.3, -0.25) is 4.72 Å². The predicted octanol–water partition coefficient (Wildman–Crippen LogP) is 1.92. The molecule has 1 aromatic carbocycles. The summed E-state index contributed by atoms with van der Waals surface area (Å²) in [5.41, 5.74) is -0.529. The molecule has 0 atom stereocenters. The van der Waals surface area contributed by atoms with Gasteiger partial charge in [0.15, 0.2) is 0 Å². The Morgan fingerprint density at radius 3 is 2.40 bits per heavy atom. The highest BCUT2D eigenvalue weighted by Gasteiger charge is 2.21. The molecule has 110 valence electrons. The van der Waals surface area contributed by atoms with E-state index >= 15 is 0 Å². The van der Waals surface area contributed by atoms with Crippen LogP contribution < -0.4 is 9.44 Å². The quantitative estimate of drug-likeness (QED) is 0.669. The van der Waals surface area contributed by atoms with Crippen molar-refractivity contribution in [2.45, 2.75) is 0 Å². The van der Waals surface area contributed by atoms with Crippen LogP contribution >= 0.6 is 31.9 Å². The maximum absolute atomic E-state index is 11.6. The number of rotatable bonds is 4. The molecule has 1 rings (SSSR count). The molecule has 0 fully saturated rings. The zero-order valence-electron chi connectivity index (χ0n) is 9.81. The molecule has 0 radical (unpaired) electrons. The van der Waals surface area contributed by atoms with Gasteiger partial charge in [0.05, 0.1) is 18.4 Å². The van der Waals surface area contributed by atoms with E-state index in [0.29, 0.717) is 4.47 Å². The molecular weight excluding hydrogens is 424 g/mol. The Balaban J connectivity index is 3.21. The number of ether oxygens (including phenoxy) is 1. The summed E-state index contributed by atoms with van der Waals surface area (Å²) in [5.74, 6) is -1.34. The first kappa shape index (κ1) is 16.7. The fraction of sp³-hybridized carbons (Fsp3) is 0.111. The molecule has 0 unspecified atom stereocenters. The SMILES string of the molecule is COC(=O)NS(=O)(=O)Nc1c(Br)cc(Br)cc1C(=O)O. The lowest BCUT2D eigenvalue weighted by Gasteiger charge is -2.13. The minimum Gasteiger partial charge on any atom is -0.478 e. The Labute approximate surface area is 130 Å². The highest BCUT2D eigenvalue weighted by Crippen LogP contribution is 2.31. The Morgan fingerprint density at radius 1 is 1.30 bits per heavy atom. The zero-order chi connectivity index (χ0) is 15.5. The van der Waals surface area contributed by atoms with E-state index in [0.717, 1.165) is 7.11 Å². The van der Waals surface area contributed by atoms with Crippen LogP contribution in [-0.4, -0.2) is 32.7 Å². The van der Waals surface area contributed by atoms with Crippen LogP contribution in [0.3, 0.4) is 0 Å². The standard InChI is InChI=1S/C9H8Br2N2O6S/c1-19-9(16)13-20(17,18)12-7-5(8(14)15)2-4(10)3-6(7)11/h2-3,12H,1H3,(H,13,16)(H,14,15). The fourth-order valence-corrected chi connectivity index (χ4v) is 3.46. The third kappa shape index (κ3) is 4.35. The van der Waals surface area contributed by atoms with Gasteiger partial charge in [-0.05, 0) is 28.1 Å². The molecule has 0 saturated carbocycles. The van der Waals surface area contributed by atoms with E-state index in [1.807, 2.05) is 4.72 Å². The average molecular weight is 432 g/mol. The summed E-state index contributed by atoms with van der Waals surface area (Å²) in [4.78, 5) is 22.0. The summed E-state index contributed by atoms with van der Waals surface area (Å²) in [6.07, 6.45) is -1.21. The van der Waals surface area contributed by atoms with Gasteiger partial charge in [0, 0.05) is 8.95 Å². The summed E-state index contributed by atoms with van der Waals surface area (Å²) in [7, 11) is -3.33. The smallest absolute Gasteiger partial charge is 0.422 e. The Hall–Kier alpha value is -1.33. The number of carboxylic acid groups (broad SMARTS) is 1. The minimum absolute atomic E-state index is 0.180. The molecule has 0 bridgehead atoms. The number of hydrogen-bond acceptors (Lipinski definition) is 5. The van der Waals surface area contributed by atoms with Crippen molar-refractivity contribution in [1.29, 1.82) is 0 Å². The second-order valence-electron chi connectivity index (χ2n) is 3.31. The second-order valence-corrected chi connectivity index (χ2v) is 6.50. The van der Waals surface area contributed by atoms with Crippen molar-refractivity contribution in [2.24, 2.45) is 0 Å². The van der Waals surface area contributed by atoms with Crippen molar-refractivity contribution >= 4 is 59.8 Å². The van der Waals surface area contributed by atoms with Crippen molar-refractivity contribution in [2.75, 3.05) is 11.8 Å². The molecule has 0 saturated heterocycles. The summed E-state index contributed by atoms with van der Waals surface area (Å²) in [6.45, 7) is 0. The first-order chi connectivity index (χ1) is 9.16. The van der Waals surface area contributed by atoms with E-state index in [1.54, 1.807) is 0 Å². The number of carbonyl (C=O) groups is 2. The fourth-order valence-electron chi connectivity index (χ4n) is 1.16. The first-order valence-corrected chi connectivity index (χ1v) is 7.84. The van der Waals surface area contributed by atoms with Crippen molar-refractivity contribution in [1.82, 2.24) is 4.72 Å². The number of aromatic carboxylic acids is 1. The molecule has 11 heteroatoms. The van der Waals surface area contributed by atoms with Crippen LogP contribution in [0.25, 0.3) is 0 Å². The van der Waals surface area contributed by atoms with Gasteiger partial charge in [0.2, 0.25) is 0 Å². The number of benzene rings is 1. The largest absolute Gasteiger partial charge is 0.478 e. The maximum atomic E-state index is 11.6. The van der Waals surface area contributed by atoms with E-state index in [2.05, 4.69) is 36.6 Å². The van der Waals surface area contributed by atoms with Crippen LogP contribution in [0.15, 0.2) is 21.1 Å². The molecule has 0 heterocycles. The van der Waals surface area contributed by atoms with Crippen LogP contribution in [0.5, 0.6) is 0 Å². The van der Waals surface area contributed by atoms with Crippen LogP contribution in [0.4, 0.5) is 10.5 Å². The van der Waals surface area contributed by atoms with Crippen molar-refractivity contribution in [3.8, 4) is 0 Å². The molecule has 0 aromatic heterocycles. The van der Waals surface area contributed by atoms with Gasteiger partial charge in [-0.1, -0.05) is 15.9 Å². The van der Waals surface area contributed by atoms with Crippen molar-refractivity contribution < 1.29 is 27.9 Å². The highest BCUT2D eigenvalue weighted by molar-refractivity contribution is 9.11. The van der Waals surface area contributed by atoms with Crippen LogP contribution in [0, 0.1) is 0 Å². The van der Waals surface area contributed by atoms with Crippen LogP contribution in [0.2, 0.25) is 0 Å². The third-order valence-electron chi connectivity index (χ3n) is 1.92. The number of carboxylic acids is 1. The second kappa shape index (κ2) is 6.41. The number of hydrogen-bond donors (Lipinski definition) is 3. The number of carbonyl (C=O) groups excluding carboxylic acids is 1. The topological polar surface area (TPSA) is 122 Å². The highest BCUT2D eigenvalue weighted by atomic mass is 79.9. The van der Waals surface area contributed by atoms with Crippen molar-refractivity contribution in [3.05, 3.63) is 26.6 Å². The average Bonchev–Trinajstić information content (AvgIpc) is 2.31. The van der Waals surface area contributed by atoms with E-state index in [4.69, 9.17) is 5.11 Å². The van der Waals surface area contributed by atoms with Crippen molar-refractivity contribution in [3.63, 3.8) is 0 Å². The van der Waals surface area contributed by atoms with Gasteiger partial charge in [0.25, 0.3) is 0 Å². The van der Waals surface area contributed by atoms with Crippen LogP contribution in [0.1, 0.15) is 10.4 Å². The molecule has 0 spiro atoms. The summed E-state index contributed by atoms with van der Waals surface area (Å²) in [5, 5.41) is 9.05. The van der Waals surface area contributed by atoms with E-state index in [9.17, 15) is 18.0 Å². The normalized spacial score (nSPS) is 10.8. The van der Waals surface area contributed by atoms with Gasteiger partial charge in [-0.15, -0.1) is 0 Å². The predicted molar refractivity (Wildman–Crippen MR) is 76.9 cm³/mol. The molecule has 1 aromatic rings. The molecular formula is C9H8Br2N2O6S. The van der Waals surface area contributed by atoms with Gasteiger partial charge < -0.3 is 9.84 Å². The first-order valence-electron chi connectivity index (χ1n) is 4.77. The number of halogens is 2. The number of nitrogens with one attached hydrogen (secondary N) is 2. The molecule has 1 amide bonds. The van der Waals surface area contributed by atoms with Gasteiger partial charge >= 0.3 is 22.3 Å². The molecule has 0 aliphatic carbocycles. The Kier molecular flexibility index (Phi) is 5.36. The van der Waals surface area contributed by atoms with Crippen LogP contribution in [-0.2, 0) is 14.9 Å². The summed E-state index contributed by atoms with van der Waals surface area (Å²) in [6, 6.07) is 2.66.